The average Bonchev–Trinajstić information content (AvgIpc) is 2.73. The maximum Gasteiger partial charge on any atom is 0.285 e. The van der Waals surface area contributed by atoms with E-state index in [9.17, 15) is 13.2 Å². The second-order valence-corrected chi connectivity index (χ2v) is 8.96. The zero-order chi connectivity index (χ0) is 23.3. The lowest BCUT2D eigenvalue weighted by Gasteiger charge is -2.09. The number of carbonyl (C=O) groups excluding carboxylic acids is 1. The Balaban J connectivity index is 1.65. The Hall–Kier alpha value is -3.72. The molecule has 32 heavy (non-hydrogen) atoms. The molecule has 0 unspecified atom stereocenters. The van der Waals surface area contributed by atoms with Crippen molar-refractivity contribution in [3.63, 3.8) is 0 Å². The number of sulfonamides is 1. The van der Waals surface area contributed by atoms with Gasteiger partial charge in [-0.25, -0.2) is 0 Å². The Bertz CT molecular complexity index is 1230. The predicted molar refractivity (Wildman–Crippen MR) is 124 cm³/mol. The number of benzene rings is 2. The summed E-state index contributed by atoms with van der Waals surface area (Å²) in [4.78, 5) is 12.4. The Labute approximate surface area is 187 Å². The van der Waals surface area contributed by atoms with Gasteiger partial charge in [0.2, 0.25) is 11.9 Å². The molecule has 0 radical (unpaired) electrons. The first-order chi connectivity index (χ1) is 15.2. The van der Waals surface area contributed by atoms with Crippen molar-refractivity contribution in [1.82, 2.24) is 0 Å². The Morgan fingerprint density at radius 2 is 1.53 bits per heavy atom. The van der Waals surface area contributed by atoms with Crippen molar-refractivity contribution >= 4 is 27.6 Å². The number of pyridine rings is 1. The van der Waals surface area contributed by atoms with E-state index in [-0.39, 0.29) is 17.2 Å². The number of rotatable bonds is 7. The molecule has 8 nitrogen and oxygen atoms in total. The van der Waals surface area contributed by atoms with Gasteiger partial charge in [0.15, 0.2) is 17.9 Å². The highest BCUT2D eigenvalue weighted by Gasteiger charge is 2.16. The van der Waals surface area contributed by atoms with Crippen molar-refractivity contribution in [1.29, 1.82) is 0 Å². The highest BCUT2D eigenvalue weighted by atomic mass is 32.2. The summed E-state index contributed by atoms with van der Waals surface area (Å²) in [5.74, 6) is -0.717. The zero-order valence-corrected chi connectivity index (χ0v) is 18.8. The summed E-state index contributed by atoms with van der Waals surface area (Å²) >= 11 is 0. The number of aromatic nitrogens is 1. The van der Waals surface area contributed by atoms with E-state index in [1.54, 1.807) is 0 Å². The molecule has 0 atom stereocenters. The number of guanidine groups is 1. The molecule has 166 valence electrons. The third-order valence-electron chi connectivity index (χ3n) is 4.91. The van der Waals surface area contributed by atoms with Crippen LogP contribution in [0.5, 0.6) is 0 Å². The quantitative estimate of drug-likeness (QED) is 0.287. The molecule has 0 bridgehead atoms. The van der Waals surface area contributed by atoms with Gasteiger partial charge < -0.3 is 16.8 Å². The molecule has 1 heterocycles. The number of nitrogens with zero attached hydrogens (tertiary/aromatic N) is 2. The summed E-state index contributed by atoms with van der Waals surface area (Å²) in [6.07, 6.45) is 0.269. The number of aryl methyl sites for hydroxylation is 2. The van der Waals surface area contributed by atoms with E-state index < -0.39 is 16.0 Å². The lowest BCUT2D eigenvalue weighted by Crippen LogP contribution is -2.41. The van der Waals surface area contributed by atoms with Crippen molar-refractivity contribution in [2.24, 2.45) is 15.9 Å². The number of carbonyl (C=O) groups is 1. The SMILES string of the molecule is Cc1cc(-c2ccccc2)cc(C)[n+]1CCC(=O)Nc1ccc(S(=O)(=O)N=C(N)N)cc1. The standard InChI is InChI=1S/C23H25N5O3S/c1-16-14-19(18-6-4-3-5-7-18)15-17(2)28(16)13-12-22(29)26-20-8-10-21(11-9-20)32(30,31)27-23(24)25/h3-11,14-15H,12-13H2,1-2H3,(H4-,24,25,26,27,29)/p+1. The first-order valence-electron chi connectivity index (χ1n) is 9.98. The van der Waals surface area contributed by atoms with Crippen LogP contribution in [0.3, 0.4) is 0 Å². The van der Waals surface area contributed by atoms with Crippen LogP contribution in [0, 0.1) is 13.8 Å². The third kappa shape index (κ3) is 5.70. The summed E-state index contributed by atoms with van der Waals surface area (Å²) in [6.45, 7) is 4.57. The van der Waals surface area contributed by atoms with Crippen molar-refractivity contribution in [2.45, 2.75) is 31.7 Å². The molecule has 2 aromatic carbocycles. The maximum atomic E-state index is 12.4. The van der Waals surface area contributed by atoms with Crippen LogP contribution in [-0.4, -0.2) is 20.3 Å². The molecule has 3 aromatic rings. The normalized spacial score (nSPS) is 11.1. The van der Waals surface area contributed by atoms with Crippen LogP contribution in [0.2, 0.25) is 0 Å². The maximum absolute atomic E-state index is 12.4. The van der Waals surface area contributed by atoms with Gasteiger partial charge in [0, 0.05) is 31.7 Å². The van der Waals surface area contributed by atoms with E-state index >= 15 is 0 Å². The number of amides is 1. The number of hydrogen-bond donors (Lipinski definition) is 3. The fraction of sp³-hybridized carbons (Fsp3) is 0.174. The third-order valence-corrected chi connectivity index (χ3v) is 6.23. The summed E-state index contributed by atoms with van der Waals surface area (Å²) in [5, 5.41) is 2.78. The van der Waals surface area contributed by atoms with E-state index in [1.165, 1.54) is 24.3 Å². The summed E-state index contributed by atoms with van der Waals surface area (Å²) < 4.78 is 29.3. The molecule has 0 aliphatic heterocycles. The van der Waals surface area contributed by atoms with E-state index in [2.05, 4.69) is 38.5 Å². The van der Waals surface area contributed by atoms with E-state index in [4.69, 9.17) is 11.5 Å². The fourth-order valence-electron chi connectivity index (χ4n) is 3.41. The van der Waals surface area contributed by atoms with Crippen molar-refractivity contribution in [3.05, 3.63) is 78.1 Å². The predicted octanol–water partition coefficient (Wildman–Crippen LogP) is 2.25. The first kappa shape index (κ1) is 23.0. The minimum atomic E-state index is -3.96. The Morgan fingerprint density at radius 1 is 0.938 bits per heavy atom. The lowest BCUT2D eigenvalue weighted by atomic mass is 10.0. The average molecular weight is 453 g/mol. The molecule has 0 saturated heterocycles. The summed E-state index contributed by atoms with van der Waals surface area (Å²) in [5.41, 5.74) is 15.2. The van der Waals surface area contributed by atoms with Crippen LogP contribution in [0.4, 0.5) is 5.69 Å². The molecular formula is C23H26N5O3S+. The van der Waals surface area contributed by atoms with Gasteiger partial charge in [-0.2, -0.15) is 13.0 Å². The number of nitrogens with two attached hydrogens (primary N) is 2. The molecule has 5 N–H and O–H groups in total. The highest BCUT2D eigenvalue weighted by Crippen LogP contribution is 2.20. The Morgan fingerprint density at radius 3 is 2.09 bits per heavy atom. The smallest absolute Gasteiger partial charge is 0.285 e. The second-order valence-electron chi connectivity index (χ2n) is 7.36. The first-order valence-corrected chi connectivity index (χ1v) is 11.4. The topological polar surface area (TPSA) is 132 Å². The van der Waals surface area contributed by atoms with Gasteiger partial charge in [-0.15, -0.1) is 4.40 Å². The molecule has 0 saturated carbocycles. The van der Waals surface area contributed by atoms with Crippen LogP contribution < -0.4 is 21.4 Å². The number of nitrogens with one attached hydrogen (secondary N) is 1. The van der Waals surface area contributed by atoms with Crippen LogP contribution >= 0.6 is 0 Å². The van der Waals surface area contributed by atoms with Crippen LogP contribution in [0.1, 0.15) is 17.8 Å². The van der Waals surface area contributed by atoms with Gasteiger partial charge in [0.25, 0.3) is 10.0 Å². The zero-order valence-electron chi connectivity index (χ0n) is 17.9. The van der Waals surface area contributed by atoms with Crippen molar-refractivity contribution in [2.75, 3.05) is 5.32 Å². The van der Waals surface area contributed by atoms with Gasteiger partial charge in [0.1, 0.15) is 0 Å². The molecule has 0 fully saturated rings. The largest absolute Gasteiger partial charge is 0.369 e. The molecule has 3 rings (SSSR count). The second kappa shape index (κ2) is 9.61. The Kier molecular flexibility index (Phi) is 6.89. The molecule has 1 aromatic heterocycles. The summed E-state index contributed by atoms with van der Waals surface area (Å²) in [7, 11) is -3.96. The minimum absolute atomic E-state index is 0.0655. The lowest BCUT2D eigenvalue weighted by molar-refractivity contribution is -0.707. The van der Waals surface area contributed by atoms with E-state index in [0.717, 1.165) is 22.5 Å². The van der Waals surface area contributed by atoms with E-state index in [1.807, 2.05) is 32.0 Å². The minimum Gasteiger partial charge on any atom is -0.369 e. The van der Waals surface area contributed by atoms with Gasteiger partial charge >= 0.3 is 0 Å². The molecule has 1 amide bonds. The summed E-state index contributed by atoms with van der Waals surface area (Å²) in [6, 6.07) is 20.0. The fourth-order valence-corrected chi connectivity index (χ4v) is 4.28. The van der Waals surface area contributed by atoms with Gasteiger partial charge in [-0.3, -0.25) is 4.79 Å². The molecule has 0 aliphatic rings. The monoisotopic (exact) mass is 452 g/mol. The van der Waals surface area contributed by atoms with Crippen molar-refractivity contribution in [3.8, 4) is 11.1 Å². The van der Waals surface area contributed by atoms with E-state index in [0.29, 0.717) is 12.2 Å². The molecule has 0 spiro atoms. The van der Waals surface area contributed by atoms with Crippen LogP contribution in [0.15, 0.2) is 76.0 Å². The van der Waals surface area contributed by atoms with Gasteiger partial charge in [0.05, 0.1) is 11.3 Å². The van der Waals surface area contributed by atoms with Gasteiger partial charge in [-0.05, 0) is 35.4 Å². The molecule has 0 aliphatic carbocycles. The number of anilines is 1. The van der Waals surface area contributed by atoms with Crippen LogP contribution in [0.25, 0.3) is 11.1 Å². The molecular weight excluding hydrogens is 426 g/mol. The number of hydrogen-bond acceptors (Lipinski definition) is 3. The molecule has 9 heteroatoms. The van der Waals surface area contributed by atoms with Gasteiger partial charge in [-0.1, -0.05) is 30.3 Å². The van der Waals surface area contributed by atoms with Crippen molar-refractivity contribution < 1.29 is 17.8 Å². The van der Waals surface area contributed by atoms with Crippen LogP contribution in [-0.2, 0) is 21.4 Å². The highest BCUT2D eigenvalue weighted by molar-refractivity contribution is 7.90.